The predicted octanol–water partition coefficient (Wildman–Crippen LogP) is -0.613. The van der Waals surface area contributed by atoms with Crippen molar-refractivity contribution in [1.82, 2.24) is 4.90 Å². The van der Waals surface area contributed by atoms with Crippen LogP contribution in [0, 0.1) is 5.41 Å². The van der Waals surface area contributed by atoms with Crippen LogP contribution in [-0.2, 0) is 4.79 Å². The summed E-state index contributed by atoms with van der Waals surface area (Å²) in [6, 6.07) is 0. The number of rotatable bonds is 1. The maximum Gasteiger partial charge on any atom is 0.219 e. The molecule has 0 saturated carbocycles. The van der Waals surface area contributed by atoms with Crippen molar-refractivity contribution in [1.29, 1.82) is 5.41 Å². The van der Waals surface area contributed by atoms with Crippen molar-refractivity contribution in [2.75, 3.05) is 13.1 Å². The van der Waals surface area contributed by atoms with Crippen LogP contribution in [0.25, 0.3) is 0 Å². The number of amidine groups is 1. The molecule has 1 rings (SSSR count). The van der Waals surface area contributed by atoms with E-state index in [1.165, 1.54) is 6.92 Å². The van der Waals surface area contributed by atoms with E-state index in [0.29, 0.717) is 30.8 Å². The van der Waals surface area contributed by atoms with Gasteiger partial charge in [0.2, 0.25) is 5.91 Å². The number of amides is 1. The van der Waals surface area contributed by atoms with Crippen LogP contribution in [0.5, 0.6) is 0 Å². The summed E-state index contributed by atoms with van der Waals surface area (Å²) in [6.45, 7) is 2.49. The summed E-state index contributed by atoms with van der Waals surface area (Å²) in [5, 5.41) is 7.25. The highest BCUT2D eigenvalue weighted by molar-refractivity contribution is 5.96. The van der Waals surface area contributed by atoms with Gasteiger partial charge >= 0.3 is 0 Å². The molecule has 5 heteroatoms. The summed E-state index contributed by atoms with van der Waals surface area (Å²) in [6.07, 6.45) is 0.606. The Morgan fingerprint density at radius 2 is 2.23 bits per heavy atom. The highest BCUT2D eigenvalue weighted by atomic mass is 16.2. The third-order valence-electron chi connectivity index (χ3n) is 2.16. The van der Waals surface area contributed by atoms with E-state index in [1.807, 2.05) is 0 Å². The standard InChI is InChI=1S/C8H14N4O/c1-5(13)12-3-2-7(9)6(4-12)8(10)11/h2-4,9H2,1H3,(H3,10,11). The second kappa shape index (κ2) is 3.47. The van der Waals surface area contributed by atoms with E-state index in [9.17, 15) is 4.79 Å². The molecule has 72 valence electrons. The number of nitrogens with one attached hydrogen (secondary N) is 1. The lowest BCUT2D eigenvalue weighted by Gasteiger charge is -2.28. The Morgan fingerprint density at radius 1 is 1.62 bits per heavy atom. The minimum atomic E-state index is -0.0385. The van der Waals surface area contributed by atoms with Crippen molar-refractivity contribution in [3.05, 3.63) is 11.3 Å². The van der Waals surface area contributed by atoms with Crippen LogP contribution in [-0.4, -0.2) is 29.7 Å². The van der Waals surface area contributed by atoms with Crippen LogP contribution in [0.2, 0.25) is 0 Å². The molecule has 5 nitrogen and oxygen atoms in total. The Hall–Kier alpha value is -1.52. The molecule has 0 saturated heterocycles. The second-order valence-electron chi connectivity index (χ2n) is 3.11. The summed E-state index contributed by atoms with van der Waals surface area (Å²) < 4.78 is 0. The summed E-state index contributed by atoms with van der Waals surface area (Å²) in [5.41, 5.74) is 12.2. The lowest BCUT2D eigenvalue weighted by Crippen LogP contribution is -2.40. The number of carbonyl (C=O) groups is 1. The van der Waals surface area contributed by atoms with E-state index < -0.39 is 0 Å². The van der Waals surface area contributed by atoms with Crippen LogP contribution in [0.4, 0.5) is 0 Å². The highest BCUT2D eigenvalue weighted by Gasteiger charge is 2.20. The zero-order chi connectivity index (χ0) is 10.0. The zero-order valence-electron chi connectivity index (χ0n) is 7.63. The zero-order valence-corrected chi connectivity index (χ0v) is 7.63. The first kappa shape index (κ1) is 9.57. The van der Waals surface area contributed by atoms with Gasteiger partial charge in [-0.25, -0.2) is 0 Å². The van der Waals surface area contributed by atoms with Crippen molar-refractivity contribution in [3.8, 4) is 0 Å². The molecule has 0 unspecified atom stereocenters. The molecular weight excluding hydrogens is 168 g/mol. The Kier molecular flexibility index (Phi) is 2.55. The van der Waals surface area contributed by atoms with E-state index in [0.717, 1.165) is 0 Å². The first-order valence-electron chi connectivity index (χ1n) is 4.09. The molecule has 5 N–H and O–H groups in total. The molecule has 1 amide bonds. The third-order valence-corrected chi connectivity index (χ3v) is 2.16. The van der Waals surface area contributed by atoms with Gasteiger partial charge in [0.05, 0.1) is 6.54 Å². The molecule has 1 heterocycles. The normalized spacial score (nSPS) is 17.5. The summed E-state index contributed by atoms with van der Waals surface area (Å²) >= 11 is 0. The van der Waals surface area contributed by atoms with Gasteiger partial charge in [-0.1, -0.05) is 0 Å². The molecule has 0 radical (unpaired) electrons. The van der Waals surface area contributed by atoms with Gasteiger partial charge in [0.1, 0.15) is 5.84 Å². The monoisotopic (exact) mass is 182 g/mol. The van der Waals surface area contributed by atoms with Gasteiger partial charge in [0, 0.05) is 31.2 Å². The van der Waals surface area contributed by atoms with Gasteiger partial charge in [-0.2, -0.15) is 0 Å². The van der Waals surface area contributed by atoms with Gasteiger partial charge in [-0.05, 0) is 0 Å². The summed E-state index contributed by atoms with van der Waals surface area (Å²) in [7, 11) is 0. The van der Waals surface area contributed by atoms with Crippen LogP contribution < -0.4 is 11.5 Å². The van der Waals surface area contributed by atoms with Crippen LogP contribution in [0.15, 0.2) is 11.3 Å². The Labute approximate surface area is 76.9 Å². The summed E-state index contributed by atoms with van der Waals surface area (Å²) in [5.74, 6) is -0.0466. The second-order valence-corrected chi connectivity index (χ2v) is 3.11. The number of hydrogen-bond donors (Lipinski definition) is 3. The molecule has 1 aliphatic rings. The molecule has 0 bridgehead atoms. The highest BCUT2D eigenvalue weighted by Crippen LogP contribution is 2.13. The molecule has 0 aliphatic carbocycles. The average molecular weight is 182 g/mol. The molecule has 0 spiro atoms. The first-order chi connectivity index (χ1) is 6.02. The molecule has 1 aliphatic heterocycles. The minimum absolute atomic E-state index is 0.00810. The van der Waals surface area contributed by atoms with E-state index in [4.69, 9.17) is 16.9 Å². The fraction of sp³-hybridized carbons (Fsp3) is 0.500. The lowest BCUT2D eigenvalue weighted by molar-refractivity contribution is -0.128. The van der Waals surface area contributed by atoms with Gasteiger partial charge < -0.3 is 16.4 Å². The molecule has 0 aromatic heterocycles. The number of nitrogens with zero attached hydrogens (tertiary/aromatic N) is 1. The van der Waals surface area contributed by atoms with Crippen LogP contribution in [0.1, 0.15) is 13.3 Å². The topological polar surface area (TPSA) is 96.2 Å². The van der Waals surface area contributed by atoms with Crippen molar-refractivity contribution >= 4 is 11.7 Å². The molecule has 13 heavy (non-hydrogen) atoms. The number of nitrogens with two attached hydrogens (primary N) is 2. The molecule has 0 aromatic rings. The number of carbonyl (C=O) groups excluding carboxylic acids is 1. The largest absolute Gasteiger partial charge is 0.402 e. The summed E-state index contributed by atoms with van der Waals surface area (Å²) in [4.78, 5) is 12.7. The SMILES string of the molecule is CC(=O)N1CCC(N)=C(C(=N)N)C1. The van der Waals surface area contributed by atoms with Crippen molar-refractivity contribution in [2.24, 2.45) is 11.5 Å². The van der Waals surface area contributed by atoms with E-state index in [1.54, 1.807) is 4.90 Å². The molecule has 0 aromatic carbocycles. The van der Waals surface area contributed by atoms with E-state index in [2.05, 4.69) is 0 Å². The molecule has 0 atom stereocenters. The fourth-order valence-electron chi connectivity index (χ4n) is 1.30. The maximum absolute atomic E-state index is 11.0. The average Bonchev–Trinajstić information content (AvgIpc) is 2.04. The van der Waals surface area contributed by atoms with Crippen LogP contribution >= 0.6 is 0 Å². The van der Waals surface area contributed by atoms with Crippen molar-refractivity contribution in [3.63, 3.8) is 0 Å². The molecular formula is C8H14N4O. The number of hydrogen-bond acceptors (Lipinski definition) is 3. The van der Waals surface area contributed by atoms with E-state index >= 15 is 0 Å². The third kappa shape index (κ3) is 1.99. The van der Waals surface area contributed by atoms with E-state index in [-0.39, 0.29) is 11.7 Å². The van der Waals surface area contributed by atoms with Crippen LogP contribution in [0.3, 0.4) is 0 Å². The lowest BCUT2D eigenvalue weighted by atomic mass is 10.1. The Balaban J connectivity index is 2.82. The van der Waals surface area contributed by atoms with Crippen molar-refractivity contribution < 1.29 is 4.79 Å². The quantitative estimate of drug-likeness (QED) is 0.372. The minimum Gasteiger partial charge on any atom is -0.402 e. The van der Waals surface area contributed by atoms with Gasteiger partial charge in [-0.15, -0.1) is 0 Å². The fourth-order valence-corrected chi connectivity index (χ4v) is 1.30. The van der Waals surface area contributed by atoms with Gasteiger partial charge in [0.15, 0.2) is 0 Å². The smallest absolute Gasteiger partial charge is 0.219 e. The van der Waals surface area contributed by atoms with Gasteiger partial charge in [-0.3, -0.25) is 10.2 Å². The maximum atomic E-state index is 11.0. The van der Waals surface area contributed by atoms with Gasteiger partial charge in [0.25, 0.3) is 0 Å². The Bertz CT molecular complexity index is 282. The van der Waals surface area contributed by atoms with Crippen molar-refractivity contribution in [2.45, 2.75) is 13.3 Å². The Morgan fingerprint density at radius 3 is 2.69 bits per heavy atom. The predicted molar refractivity (Wildman–Crippen MR) is 50.0 cm³/mol. The molecule has 0 fully saturated rings. The first-order valence-corrected chi connectivity index (χ1v) is 4.09.